The Bertz CT molecular complexity index is 755. The smallest absolute Gasteiger partial charge is 0.245 e. The summed E-state index contributed by atoms with van der Waals surface area (Å²) in [6.45, 7) is 5.02. The maximum atomic E-state index is 12.3. The minimum Gasteiger partial charge on any atom is -0.333 e. The molecule has 0 aliphatic carbocycles. The minimum absolute atomic E-state index is 0.0633. The van der Waals surface area contributed by atoms with E-state index in [1.807, 2.05) is 30.3 Å². The Morgan fingerprint density at radius 1 is 1.28 bits per heavy atom. The van der Waals surface area contributed by atoms with Gasteiger partial charge in [-0.2, -0.15) is 0 Å². The van der Waals surface area contributed by atoms with E-state index in [1.165, 1.54) is 11.3 Å². The number of rotatable bonds is 5. The molecule has 1 fully saturated rings. The number of carbonyl (C=O) groups is 2. The second-order valence-corrected chi connectivity index (χ2v) is 7.60. The molecular weight excluding hydrogens is 334 g/mol. The average molecular weight is 357 g/mol. The summed E-state index contributed by atoms with van der Waals surface area (Å²) in [7, 11) is 0. The van der Waals surface area contributed by atoms with Crippen LogP contribution >= 0.6 is 11.3 Å². The van der Waals surface area contributed by atoms with Crippen LogP contribution in [0.4, 0.5) is 5.13 Å². The quantitative estimate of drug-likeness (QED) is 0.883. The maximum absolute atomic E-state index is 12.3. The van der Waals surface area contributed by atoms with Crippen LogP contribution in [-0.2, 0) is 9.59 Å². The lowest BCUT2D eigenvalue weighted by Gasteiger charge is -2.25. The van der Waals surface area contributed by atoms with Gasteiger partial charge in [0.25, 0.3) is 0 Å². The molecule has 6 heteroatoms. The first-order chi connectivity index (χ1) is 12.0. The molecule has 1 aromatic carbocycles. The zero-order chi connectivity index (χ0) is 17.8. The van der Waals surface area contributed by atoms with Gasteiger partial charge in [-0.25, -0.2) is 4.98 Å². The Morgan fingerprint density at radius 2 is 2.04 bits per heavy atom. The molecule has 2 heterocycles. The molecule has 0 spiro atoms. The third-order valence-electron chi connectivity index (χ3n) is 4.23. The van der Waals surface area contributed by atoms with E-state index in [4.69, 9.17) is 0 Å². The number of carbonyl (C=O) groups excluding carboxylic acids is 2. The number of nitrogens with one attached hydrogen (secondary N) is 1. The van der Waals surface area contributed by atoms with Gasteiger partial charge in [-0.15, -0.1) is 11.3 Å². The number of anilines is 1. The maximum Gasteiger partial charge on any atom is 0.245 e. The second kappa shape index (κ2) is 7.78. The Kier molecular flexibility index (Phi) is 5.48. The summed E-state index contributed by atoms with van der Waals surface area (Å²) in [6.07, 6.45) is 2.42. The molecule has 0 atom stereocenters. The number of thiazole rings is 1. The molecule has 2 aromatic rings. The first-order valence-electron chi connectivity index (χ1n) is 8.68. The SMILES string of the molecule is CC(C)c1sc(NC(=O)CN2CCCCC2=O)nc1-c1ccccc1. The second-order valence-electron chi connectivity index (χ2n) is 6.57. The molecule has 0 saturated carbocycles. The Hall–Kier alpha value is -2.21. The third kappa shape index (κ3) is 4.25. The zero-order valence-corrected chi connectivity index (χ0v) is 15.4. The first kappa shape index (κ1) is 17.6. The number of amides is 2. The molecule has 1 saturated heterocycles. The van der Waals surface area contributed by atoms with Gasteiger partial charge in [-0.3, -0.25) is 9.59 Å². The summed E-state index contributed by atoms with van der Waals surface area (Å²) in [6, 6.07) is 10.00. The molecular formula is C19H23N3O2S. The highest BCUT2D eigenvalue weighted by Crippen LogP contribution is 2.36. The number of likely N-dealkylation sites (tertiary alicyclic amines) is 1. The first-order valence-corrected chi connectivity index (χ1v) is 9.50. The summed E-state index contributed by atoms with van der Waals surface area (Å²) in [5.74, 6) is 0.203. The van der Waals surface area contributed by atoms with Crippen molar-refractivity contribution in [2.75, 3.05) is 18.4 Å². The molecule has 1 N–H and O–H groups in total. The summed E-state index contributed by atoms with van der Waals surface area (Å²) in [5, 5.41) is 3.46. The summed E-state index contributed by atoms with van der Waals surface area (Å²) in [4.78, 5) is 31.6. The topological polar surface area (TPSA) is 62.3 Å². The van der Waals surface area contributed by atoms with E-state index in [9.17, 15) is 9.59 Å². The van der Waals surface area contributed by atoms with Crippen LogP contribution in [0.5, 0.6) is 0 Å². The standard InChI is InChI=1S/C19H23N3O2S/c1-13(2)18-17(14-8-4-3-5-9-14)21-19(25-18)20-15(23)12-22-11-7-6-10-16(22)24/h3-5,8-9,13H,6-7,10-12H2,1-2H3,(H,20,21,23). The van der Waals surface area contributed by atoms with Gasteiger partial charge in [0.05, 0.1) is 12.2 Å². The van der Waals surface area contributed by atoms with Crippen LogP contribution in [0.1, 0.15) is 43.9 Å². The number of hydrogen-bond donors (Lipinski definition) is 1. The van der Waals surface area contributed by atoms with Crippen molar-refractivity contribution in [3.05, 3.63) is 35.2 Å². The van der Waals surface area contributed by atoms with Crippen LogP contribution in [0.25, 0.3) is 11.3 Å². The number of benzene rings is 1. The monoisotopic (exact) mass is 357 g/mol. The summed E-state index contributed by atoms with van der Waals surface area (Å²) < 4.78 is 0. The fourth-order valence-electron chi connectivity index (χ4n) is 2.94. The lowest BCUT2D eigenvalue weighted by Crippen LogP contribution is -2.40. The van der Waals surface area contributed by atoms with Crippen molar-refractivity contribution in [3.63, 3.8) is 0 Å². The summed E-state index contributed by atoms with van der Waals surface area (Å²) in [5.41, 5.74) is 1.97. The van der Waals surface area contributed by atoms with Crippen molar-refractivity contribution in [3.8, 4) is 11.3 Å². The summed E-state index contributed by atoms with van der Waals surface area (Å²) >= 11 is 1.51. The number of nitrogens with zero attached hydrogens (tertiary/aromatic N) is 2. The molecule has 3 rings (SSSR count). The van der Waals surface area contributed by atoms with Gasteiger partial charge in [0, 0.05) is 23.4 Å². The van der Waals surface area contributed by atoms with Gasteiger partial charge in [-0.05, 0) is 18.8 Å². The van der Waals surface area contributed by atoms with Crippen molar-refractivity contribution in [1.82, 2.24) is 9.88 Å². The van der Waals surface area contributed by atoms with E-state index in [2.05, 4.69) is 24.1 Å². The Labute approximate surface area is 152 Å². The van der Waals surface area contributed by atoms with Gasteiger partial charge >= 0.3 is 0 Å². The van der Waals surface area contributed by atoms with E-state index in [-0.39, 0.29) is 18.4 Å². The predicted molar refractivity (Wildman–Crippen MR) is 101 cm³/mol. The van der Waals surface area contributed by atoms with Gasteiger partial charge < -0.3 is 10.2 Å². The molecule has 2 amide bonds. The lowest BCUT2D eigenvalue weighted by atomic mass is 10.1. The number of piperidine rings is 1. The highest BCUT2D eigenvalue weighted by molar-refractivity contribution is 7.16. The van der Waals surface area contributed by atoms with Crippen molar-refractivity contribution < 1.29 is 9.59 Å². The highest BCUT2D eigenvalue weighted by atomic mass is 32.1. The van der Waals surface area contributed by atoms with E-state index in [0.29, 0.717) is 24.0 Å². The predicted octanol–water partition coefficient (Wildman–Crippen LogP) is 3.88. The molecule has 132 valence electrons. The van der Waals surface area contributed by atoms with Crippen molar-refractivity contribution in [1.29, 1.82) is 0 Å². The van der Waals surface area contributed by atoms with Crippen molar-refractivity contribution >= 4 is 28.3 Å². The van der Waals surface area contributed by atoms with Crippen molar-refractivity contribution in [2.24, 2.45) is 0 Å². The minimum atomic E-state index is -0.182. The molecule has 1 aliphatic heterocycles. The molecule has 1 aromatic heterocycles. The lowest BCUT2D eigenvalue weighted by molar-refractivity contribution is -0.136. The Morgan fingerprint density at radius 3 is 2.72 bits per heavy atom. The van der Waals surface area contributed by atoms with Crippen LogP contribution in [0.3, 0.4) is 0 Å². The number of aromatic nitrogens is 1. The molecule has 0 unspecified atom stereocenters. The van der Waals surface area contributed by atoms with E-state index < -0.39 is 0 Å². The molecule has 0 bridgehead atoms. The van der Waals surface area contributed by atoms with E-state index in [1.54, 1.807) is 4.90 Å². The third-order valence-corrected chi connectivity index (χ3v) is 5.50. The molecule has 0 radical (unpaired) electrons. The largest absolute Gasteiger partial charge is 0.333 e. The normalized spacial score (nSPS) is 14.8. The van der Waals surface area contributed by atoms with Crippen LogP contribution in [-0.4, -0.2) is 34.8 Å². The molecule has 1 aliphatic rings. The van der Waals surface area contributed by atoms with Crippen LogP contribution in [0, 0.1) is 0 Å². The van der Waals surface area contributed by atoms with E-state index in [0.717, 1.165) is 29.0 Å². The van der Waals surface area contributed by atoms with Gasteiger partial charge in [0.15, 0.2) is 5.13 Å². The number of hydrogen-bond acceptors (Lipinski definition) is 4. The van der Waals surface area contributed by atoms with Gasteiger partial charge in [0.1, 0.15) is 0 Å². The van der Waals surface area contributed by atoms with Crippen molar-refractivity contribution in [2.45, 2.75) is 39.0 Å². The van der Waals surface area contributed by atoms with E-state index >= 15 is 0 Å². The van der Waals surface area contributed by atoms with Crippen LogP contribution < -0.4 is 5.32 Å². The highest BCUT2D eigenvalue weighted by Gasteiger charge is 2.22. The molecule has 25 heavy (non-hydrogen) atoms. The van der Waals surface area contributed by atoms with Gasteiger partial charge in [-0.1, -0.05) is 44.2 Å². The fourth-order valence-corrected chi connectivity index (χ4v) is 3.95. The Balaban J connectivity index is 1.74. The average Bonchev–Trinajstić information content (AvgIpc) is 3.02. The van der Waals surface area contributed by atoms with Crippen LogP contribution in [0.15, 0.2) is 30.3 Å². The zero-order valence-electron chi connectivity index (χ0n) is 14.6. The van der Waals surface area contributed by atoms with Gasteiger partial charge in [0.2, 0.25) is 11.8 Å². The van der Waals surface area contributed by atoms with Crippen LogP contribution in [0.2, 0.25) is 0 Å². The fraction of sp³-hybridized carbons (Fsp3) is 0.421. The molecule has 5 nitrogen and oxygen atoms in total.